The largest absolute Gasteiger partial charge is 0.496 e. The van der Waals surface area contributed by atoms with E-state index in [1.165, 1.54) is 7.11 Å². The molecule has 2 aromatic carbocycles. The first-order chi connectivity index (χ1) is 11.4. The summed E-state index contributed by atoms with van der Waals surface area (Å²) < 4.78 is 5.20. The molecule has 0 aromatic heterocycles. The standard InChI is InChI=1S/C15H13N3O6/c1-10(14-5-3-4-6-15(14)23-2)16-24-13-8-11(17(19)20)7-12(9-13)18(21)22/h3-9H,1-2H3/b16-10+. The second kappa shape index (κ2) is 7.18. The average Bonchev–Trinajstić information content (AvgIpc) is 2.59. The minimum absolute atomic E-state index is 0.106. The summed E-state index contributed by atoms with van der Waals surface area (Å²) in [7, 11) is 1.51. The number of hydrogen-bond acceptors (Lipinski definition) is 7. The molecule has 0 bridgehead atoms. The topological polar surface area (TPSA) is 117 Å². The highest BCUT2D eigenvalue weighted by Gasteiger charge is 2.17. The Morgan fingerprint density at radius 1 is 1.04 bits per heavy atom. The molecule has 0 spiro atoms. The number of nitro benzene ring substituents is 2. The van der Waals surface area contributed by atoms with Gasteiger partial charge in [-0.25, -0.2) is 0 Å². The van der Waals surface area contributed by atoms with E-state index in [-0.39, 0.29) is 5.75 Å². The first kappa shape index (κ1) is 16.9. The number of benzene rings is 2. The maximum Gasteiger partial charge on any atom is 0.280 e. The van der Waals surface area contributed by atoms with E-state index >= 15 is 0 Å². The van der Waals surface area contributed by atoms with Crippen molar-refractivity contribution in [3.63, 3.8) is 0 Å². The number of para-hydroxylation sites is 1. The Labute approximate surface area is 136 Å². The molecular weight excluding hydrogens is 318 g/mol. The molecule has 0 radical (unpaired) electrons. The molecule has 0 aliphatic carbocycles. The third-order valence-corrected chi connectivity index (χ3v) is 3.08. The van der Waals surface area contributed by atoms with E-state index in [0.29, 0.717) is 17.0 Å². The maximum atomic E-state index is 10.8. The predicted octanol–water partition coefficient (Wildman–Crippen LogP) is 3.31. The summed E-state index contributed by atoms with van der Waals surface area (Å²) in [4.78, 5) is 25.3. The molecule has 9 nitrogen and oxygen atoms in total. The molecule has 0 N–H and O–H groups in total. The molecule has 2 rings (SSSR count). The van der Waals surface area contributed by atoms with Crippen molar-refractivity contribution in [2.45, 2.75) is 6.92 Å². The van der Waals surface area contributed by atoms with Crippen LogP contribution in [0.3, 0.4) is 0 Å². The summed E-state index contributed by atoms with van der Waals surface area (Å²) in [5, 5.41) is 25.6. The van der Waals surface area contributed by atoms with Crippen LogP contribution in [0, 0.1) is 20.2 Å². The lowest BCUT2D eigenvalue weighted by Crippen LogP contribution is -2.01. The quantitative estimate of drug-likeness (QED) is 0.455. The molecule has 0 fully saturated rings. The SMILES string of the molecule is COc1ccccc1/C(C)=N/Oc1cc([N+](=O)[O-])cc([N+](=O)[O-])c1. The molecule has 2 aromatic rings. The predicted molar refractivity (Wildman–Crippen MR) is 85.6 cm³/mol. The van der Waals surface area contributed by atoms with Gasteiger partial charge in [0, 0.05) is 5.56 Å². The van der Waals surface area contributed by atoms with Gasteiger partial charge in [0.2, 0.25) is 0 Å². The maximum absolute atomic E-state index is 10.8. The van der Waals surface area contributed by atoms with Gasteiger partial charge in [0.25, 0.3) is 11.4 Å². The average molecular weight is 331 g/mol. The Morgan fingerprint density at radius 2 is 1.62 bits per heavy atom. The third-order valence-electron chi connectivity index (χ3n) is 3.08. The lowest BCUT2D eigenvalue weighted by atomic mass is 10.1. The van der Waals surface area contributed by atoms with Crippen LogP contribution in [0.1, 0.15) is 12.5 Å². The van der Waals surface area contributed by atoms with Crippen molar-refractivity contribution in [3.8, 4) is 11.5 Å². The molecule has 0 saturated carbocycles. The van der Waals surface area contributed by atoms with E-state index in [1.54, 1.807) is 31.2 Å². The highest BCUT2D eigenvalue weighted by molar-refractivity contribution is 6.00. The van der Waals surface area contributed by atoms with Crippen molar-refractivity contribution < 1.29 is 19.4 Å². The second-order valence-corrected chi connectivity index (χ2v) is 4.67. The Bertz CT molecular complexity index is 786. The molecule has 0 atom stereocenters. The summed E-state index contributed by atoms with van der Waals surface area (Å²) >= 11 is 0. The summed E-state index contributed by atoms with van der Waals surface area (Å²) in [6.45, 7) is 1.66. The van der Waals surface area contributed by atoms with Crippen LogP contribution >= 0.6 is 0 Å². The van der Waals surface area contributed by atoms with Crippen molar-refractivity contribution in [1.29, 1.82) is 0 Å². The number of methoxy groups -OCH3 is 1. The highest BCUT2D eigenvalue weighted by atomic mass is 16.6. The molecule has 0 heterocycles. The van der Waals surface area contributed by atoms with E-state index in [4.69, 9.17) is 9.57 Å². The smallest absolute Gasteiger partial charge is 0.280 e. The molecule has 0 aliphatic rings. The molecule has 0 amide bonds. The van der Waals surface area contributed by atoms with Crippen LogP contribution in [0.15, 0.2) is 47.6 Å². The monoisotopic (exact) mass is 331 g/mol. The zero-order valence-corrected chi connectivity index (χ0v) is 12.8. The normalized spacial score (nSPS) is 11.0. The van der Waals surface area contributed by atoms with Crippen molar-refractivity contribution in [2.24, 2.45) is 5.16 Å². The summed E-state index contributed by atoms with van der Waals surface area (Å²) in [5.41, 5.74) is 0.204. The van der Waals surface area contributed by atoms with Gasteiger partial charge >= 0.3 is 0 Å². The van der Waals surface area contributed by atoms with Crippen LogP contribution in [0.2, 0.25) is 0 Å². The zero-order chi connectivity index (χ0) is 17.7. The zero-order valence-electron chi connectivity index (χ0n) is 12.8. The van der Waals surface area contributed by atoms with E-state index in [2.05, 4.69) is 5.16 Å². The first-order valence-corrected chi connectivity index (χ1v) is 6.71. The van der Waals surface area contributed by atoms with Crippen LogP contribution < -0.4 is 9.57 Å². The number of nitro groups is 2. The Hall–Kier alpha value is -3.49. The van der Waals surface area contributed by atoms with Gasteiger partial charge in [0.15, 0.2) is 5.75 Å². The molecular formula is C15H13N3O6. The molecule has 0 unspecified atom stereocenters. The van der Waals surface area contributed by atoms with Gasteiger partial charge in [0.1, 0.15) is 5.75 Å². The van der Waals surface area contributed by atoms with Crippen LogP contribution in [-0.2, 0) is 0 Å². The fourth-order valence-electron chi connectivity index (χ4n) is 1.95. The van der Waals surface area contributed by atoms with Gasteiger partial charge < -0.3 is 9.57 Å². The van der Waals surface area contributed by atoms with Crippen molar-refractivity contribution >= 4 is 17.1 Å². The molecule has 0 aliphatic heterocycles. The van der Waals surface area contributed by atoms with E-state index in [1.807, 2.05) is 0 Å². The van der Waals surface area contributed by atoms with Gasteiger partial charge in [-0.2, -0.15) is 0 Å². The van der Waals surface area contributed by atoms with Gasteiger partial charge in [-0.15, -0.1) is 0 Å². The second-order valence-electron chi connectivity index (χ2n) is 4.67. The fraction of sp³-hybridized carbons (Fsp3) is 0.133. The minimum atomic E-state index is -0.739. The number of oxime groups is 1. The summed E-state index contributed by atoms with van der Waals surface area (Å²) in [6.07, 6.45) is 0. The Balaban J connectivity index is 2.33. The lowest BCUT2D eigenvalue weighted by molar-refractivity contribution is -0.394. The Kier molecular flexibility index (Phi) is 5.05. The van der Waals surface area contributed by atoms with Gasteiger partial charge in [-0.05, 0) is 19.1 Å². The van der Waals surface area contributed by atoms with E-state index in [0.717, 1.165) is 18.2 Å². The number of rotatable bonds is 6. The van der Waals surface area contributed by atoms with Crippen molar-refractivity contribution in [2.75, 3.05) is 7.11 Å². The molecule has 24 heavy (non-hydrogen) atoms. The minimum Gasteiger partial charge on any atom is -0.496 e. The van der Waals surface area contributed by atoms with E-state index in [9.17, 15) is 20.2 Å². The van der Waals surface area contributed by atoms with E-state index < -0.39 is 21.2 Å². The van der Waals surface area contributed by atoms with Crippen LogP contribution in [0.25, 0.3) is 0 Å². The van der Waals surface area contributed by atoms with Crippen LogP contribution in [-0.4, -0.2) is 22.7 Å². The molecule has 0 saturated heterocycles. The summed E-state index contributed by atoms with van der Waals surface area (Å²) in [5.74, 6) is 0.470. The van der Waals surface area contributed by atoms with Gasteiger partial charge in [0.05, 0.1) is 40.9 Å². The highest BCUT2D eigenvalue weighted by Crippen LogP contribution is 2.28. The van der Waals surface area contributed by atoms with Gasteiger partial charge in [-0.1, -0.05) is 17.3 Å². The third kappa shape index (κ3) is 3.83. The van der Waals surface area contributed by atoms with Crippen molar-refractivity contribution in [1.82, 2.24) is 0 Å². The number of ether oxygens (including phenoxy) is 1. The Morgan fingerprint density at radius 3 is 2.17 bits per heavy atom. The first-order valence-electron chi connectivity index (χ1n) is 6.71. The number of nitrogens with zero attached hydrogens (tertiary/aromatic N) is 3. The number of hydrogen-bond donors (Lipinski definition) is 0. The lowest BCUT2D eigenvalue weighted by Gasteiger charge is -2.07. The van der Waals surface area contributed by atoms with Crippen LogP contribution in [0.4, 0.5) is 11.4 Å². The fourth-order valence-corrected chi connectivity index (χ4v) is 1.95. The molecule has 124 valence electrons. The van der Waals surface area contributed by atoms with Gasteiger partial charge in [-0.3, -0.25) is 20.2 Å². The molecule has 9 heteroatoms. The number of non-ortho nitro benzene ring substituents is 2. The summed E-state index contributed by atoms with van der Waals surface area (Å²) in [6, 6.07) is 10.1. The van der Waals surface area contributed by atoms with Crippen LogP contribution in [0.5, 0.6) is 11.5 Å². The van der Waals surface area contributed by atoms with Crippen molar-refractivity contribution in [3.05, 3.63) is 68.3 Å².